The molecule has 0 aliphatic carbocycles. The average molecular weight is 344 g/mol. The second kappa shape index (κ2) is 6.08. The first-order chi connectivity index (χ1) is 9.86. The molecule has 0 radical (unpaired) electrons. The first kappa shape index (κ1) is 15.9. The van der Waals surface area contributed by atoms with Gasteiger partial charge in [0.15, 0.2) is 0 Å². The zero-order valence-electron chi connectivity index (χ0n) is 11.1. The van der Waals surface area contributed by atoms with Gasteiger partial charge in [0.25, 0.3) is 10.0 Å². The van der Waals surface area contributed by atoms with Gasteiger partial charge < -0.3 is 5.73 Å². The first-order valence-electron chi connectivity index (χ1n) is 6.04. The van der Waals surface area contributed by atoms with Crippen molar-refractivity contribution in [1.29, 1.82) is 0 Å². The molecule has 0 bridgehead atoms. The minimum atomic E-state index is -3.72. The van der Waals surface area contributed by atoms with E-state index in [9.17, 15) is 12.8 Å². The Kier molecular flexibility index (Phi) is 4.60. The standard InChI is InChI=1S/C13H13FN2O2S3/c1-2-16(10-5-3-9(14)4-6-10)21(17,18)12-8-7-11(20-12)13(15)19/h3-8H,2H2,1H3,(H2,15,19). The minimum absolute atomic E-state index is 0.150. The van der Waals surface area contributed by atoms with E-state index in [0.29, 0.717) is 10.6 Å². The number of sulfonamides is 1. The Morgan fingerprint density at radius 3 is 2.38 bits per heavy atom. The van der Waals surface area contributed by atoms with Crippen LogP contribution in [0.25, 0.3) is 0 Å². The molecule has 4 nitrogen and oxygen atoms in total. The normalized spacial score (nSPS) is 11.3. The van der Waals surface area contributed by atoms with Gasteiger partial charge in [-0.3, -0.25) is 4.31 Å². The van der Waals surface area contributed by atoms with Crippen LogP contribution in [0.3, 0.4) is 0 Å². The van der Waals surface area contributed by atoms with Crippen LogP contribution in [-0.2, 0) is 10.0 Å². The van der Waals surface area contributed by atoms with Crippen LogP contribution in [0.15, 0.2) is 40.6 Å². The predicted octanol–water partition coefficient (Wildman–Crippen LogP) is 2.74. The van der Waals surface area contributed by atoms with Gasteiger partial charge >= 0.3 is 0 Å². The number of thiocarbonyl (C=S) groups is 1. The molecule has 8 heteroatoms. The van der Waals surface area contributed by atoms with E-state index in [0.717, 1.165) is 11.3 Å². The lowest BCUT2D eigenvalue weighted by atomic mass is 10.3. The van der Waals surface area contributed by atoms with Crippen LogP contribution in [-0.4, -0.2) is 20.0 Å². The number of benzene rings is 1. The van der Waals surface area contributed by atoms with Crippen LogP contribution < -0.4 is 10.0 Å². The Labute approximate surface area is 132 Å². The van der Waals surface area contributed by atoms with Crippen molar-refractivity contribution >= 4 is 44.3 Å². The van der Waals surface area contributed by atoms with Gasteiger partial charge in [-0.1, -0.05) is 12.2 Å². The summed E-state index contributed by atoms with van der Waals surface area (Å²) in [7, 11) is -3.72. The van der Waals surface area contributed by atoms with Crippen LogP contribution >= 0.6 is 23.6 Å². The van der Waals surface area contributed by atoms with Crippen molar-refractivity contribution in [3.63, 3.8) is 0 Å². The van der Waals surface area contributed by atoms with Crippen molar-refractivity contribution in [2.75, 3.05) is 10.8 Å². The van der Waals surface area contributed by atoms with Crippen molar-refractivity contribution in [2.24, 2.45) is 5.73 Å². The zero-order chi connectivity index (χ0) is 15.6. The van der Waals surface area contributed by atoms with Crippen molar-refractivity contribution in [2.45, 2.75) is 11.1 Å². The summed E-state index contributed by atoms with van der Waals surface area (Å²) in [6.45, 7) is 1.94. The van der Waals surface area contributed by atoms with Crippen molar-refractivity contribution < 1.29 is 12.8 Å². The number of rotatable bonds is 5. The van der Waals surface area contributed by atoms with Gasteiger partial charge in [-0.25, -0.2) is 12.8 Å². The Morgan fingerprint density at radius 1 is 1.29 bits per heavy atom. The van der Waals surface area contributed by atoms with E-state index in [-0.39, 0.29) is 15.7 Å². The number of nitrogens with two attached hydrogens (primary N) is 1. The van der Waals surface area contributed by atoms with Crippen LogP contribution in [0.2, 0.25) is 0 Å². The summed E-state index contributed by atoms with van der Waals surface area (Å²) in [6, 6.07) is 8.36. The highest BCUT2D eigenvalue weighted by atomic mass is 32.2. The molecule has 2 aromatic rings. The maximum absolute atomic E-state index is 13.0. The summed E-state index contributed by atoms with van der Waals surface area (Å²) in [5.41, 5.74) is 5.91. The molecule has 0 aliphatic rings. The molecule has 1 aromatic heterocycles. The molecule has 1 aromatic carbocycles. The van der Waals surface area contributed by atoms with Gasteiger partial charge in [0.05, 0.1) is 10.6 Å². The van der Waals surface area contributed by atoms with Gasteiger partial charge in [-0.15, -0.1) is 11.3 Å². The van der Waals surface area contributed by atoms with Crippen LogP contribution in [0.5, 0.6) is 0 Å². The topological polar surface area (TPSA) is 63.4 Å². The van der Waals surface area contributed by atoms with Crippen LogP contribution in [0.4, 0.5) is 10.1 Å². The van der Waals surface area contributed by atoms with E-state index in [1.807, 2.05) is 0 Å². The summed E-state index contributed by atoms with van der Waals surface area (Å²) in [6.07, 6.45) is 0. The number of hydrogen-bond donors (Lipinski definition) is 1. The third-order valence-electron chi connectivity index (χ3n) is 2.77. The Hall–Kier alpha value is -1.51. The summed E-state index contributed by atoms with van der Waals surface area (Å²) in [5.74, 6) is -0.418. The highest BCUT2D eigenvalue weighted by molar-refractivity contribution is 7.94. The van der Waals surface area contributed by atoms with Gasteiger partial charge in [-0.2, -0.15) is 0 Å². The summed E-state index contributed by atoms with van der Waals surface area (Å²) in [4.78, 5) is 0.699. The van der Waals surface area contributed by atoms with Gasteiger partial charge in [0.2, 0.25) is 0 Å². The van der Waals surface area contributed by atoms with E-state index in [1.54, 1.807) is 13.0 Å². The maximum Gasteiger partial charge on any atom is 0.273 e. The monoisotopic (exact) mass is 344 g/mol. The molecule has 0 fully saturated rings. The molecule has 0 saturated carbocycles. The first-order valence-corrected chi connectivity index (χ1v) is 8.70. The third kappa shape index (κ3) is 3.22. The Morgan fingerprint density at radius 2 is 1.90 bits per heavy atom. The quantitative estimate of drug-likeness (QED) is 0.847. The highest BCUT2D eigenvalue weighted by Crippen LogP contribution is 2.28. The highest BCUT2D eigenvalue weighted by Gasteiger charge is 2.25. The third-order valence-corrected chi connectivity index (χ3v) is 6.61. The molecule has 0 unspecified atom stereocenters. The van der Waals surface area contributed by atoms with E-state index in [1.165, 1.54) is 34.6 Å². The lowest BCUT2D eigenvalue weighted by Gasteiger charge is -2.21. The van der Waals surface area contributed by atoms with E-state index >= 15 is 0 Å². The lowest BCUT2D eigenvalue weighted by Crippen LogP contribution is -2.30. The smallest absolute Gasteiger partial charge is 0.273 e. The SMILES string of the molecule is CCN(c1ccc(F)cc1)S(=O)(=O)c1ccc(C(N)=S)s1. The van der Waals surface area contributed by atoms with Crippen molar-refractivity contribution in [1.82, 2.24) is 0 Å². The second-order valence-corrected chi connectivity index (χ2v) is 7.74. The van der Waals surface area contributed by atoms with E-state index < -0.39 is 15.8 Å². The second-order valence-electron chi connectivity index (χ2n) is 4.13. The fourth-order valence-electron chi connectivity index (χ4n) is 1.80. The average Bonchev–Trinajstić information content (AvgIpc) is 2.92. The number of anilines is 1. The largest absolute Gasteiger partial charge is 0.389 e. The molecule has 112 valence electrons. The summed E-state index contributed by atoms with van der Waals surface area (Å²) in [5, 5.41) is 0. The van der Waals surface area contributed by atoms with E-state index in [4.69, 9.17) is 18.0 Å². The predicted molar refractivity (Wildman–Crippen MR) is 86.8 cm³/mol. The van der Waals surface area contributed by atoms with Gasteiger partial charge in [-0.05, 0) is 43.3 Å². The van der Waals surface area contributed by atoms with Crippen LogP contribution in [0.1, 0.15) is 11.8 Å². The molecule has 0 spiro atoms. The number of thiophene rings is 1. The molecule has 0 aliphatic heterocycles. The van der Waals surface area contributed by atoms with Crippen molar-refractivity contribution in [3.05, 3.63) is 47.1 Å². The molecule has 0 atom stereocenters. The molecular formula is C13H13FN2O2S3. The lowest BCUT2D eigenvalue weighted by molar-refractivity contribution is 0.593. The summed E-state index contributed by atoms with van der Waals surface area (Å²) >= 11 is 5.86. The molecule has 2 N–H and O–H groups in total. The molecule has 21 heavy (non-hydrogen) atoms. The molecule has 0 saturated heterocycles. The molecule has 1 heterocycles. The number of nitrogens with zero attached hydrogens (tertiary/aromatic N) is 1. The van der Waals surface area contributed by atoms with Gasteiger partial charge in [0.1, 0.15) is 15.0 Å². The van der Waals surface area contributed by atoms with Crippen LogP contribution in [0, 0.1) is 5.82 Å². The van der Waals surface area contributed by atoms with Crippen molar-refractivity contribution in [3.8, 4) is 0 Å². The van der Waals surface area contributed by atoms with E-state index in [2.05, 4.69) is 0 Å². The minimum Gasteiger partial charge on any atom is -0.389 e. The Balaban J connectivity index is 2.43. The Bertz CT molecular complexity index is 754. The van der Waals surface area contributed by atoms with Gasteiger partial charge in [0, 0.05) is 6.54 Å². The summed E-state index contributed by atoms with van der Waals surface area (Å²) < 4.78 is 39.6. The fraction of sp³-hybridized carbons (Fsp3) is 0.154. The maximum atomic E-state index is 13.0. The fourth-order valence-corrected chi connectivity index (χ4v) is 4.74. The molecule has 2 rings (SSSR count). The number of halogens is 1. The zero-order valence-corrected chi connectivity index (χ0v) is 13.6. The molecule has 0 amide bonds. The molecular weight excluding hydrogens is 331 g/mol. The number of hydrogen-bond acceptors (Lipinski definition) is 4.